The Morgan fingerprint density at radius 1 is 0.880 bits per heavy atom. The summed E-state index contributed by atoms with van der Waals surface area (Å²) < 4.78 is 0. The standard InChI is InChI=1S/C36H50N8O6/c1-20(2)30(35(48)43-28(36(49)50)17-22-11-5-4-6-12-22)44-34(47)27-18-24-23-13-7-8-14-25(23)41-31(24)29(40-27)19-39-33(46)26(15-9-10-16-37)42-32(45)21(3)38/h4-8,11-14,20-21,26-30,40-41H,9-10,15-19,37-38H2,1-3H3,(H,39,46)(H,42,45)(H,43,48)(H,44,47)(H,49,50)/t21-,26-,27?,28-,29?,30-/m0/s1. The van der Waals surface area contributed by atoms with E-state index in [9.17, 15) is 29.1 Å². The van der Waals surface area contributed by atoms with Crippen LogP contribution in [-0.4, -0.2) is 83.0 Å². The molecular formula is C36H50N8O6. The van der Waals surface area contributed by atoms with Crippen LogP contribution in [0, 0.1) is 5.92 Å². The lowest BCUT2D eigenvalue weighted by Crippen LogP contribution is -2.59. The summed E-state index contributed by atoms with van der Waals surface area (Å²) in [5.74, 6) is -3.40. The van der Waals surface area contributed by atoms with Crippen LogP contribution in [0.1, 0.15) is 62.9 Å². The SMILES string of the molecule is CC(C)[C@H](NC(=O)C1Cc2c([nH]c3ccccc23)C(CNC(=O)[C@H](CCCCN)NC(=O)[C@H](C)N)N1)C(=O)N[C@@H](Cc1ccccc1)C(=O)O. The lowest BCUT2D eigenvalue weighted by atomic mass is 9.92. The summed E-state index contributed by atoms with van der Waals surface area (Å²) in [5, 5.41) is 25.3. The number of benzene rings is 2. The summed E-state index contributed by atoms with van der Waals surface area (Å²) in [6.07, 6.45) is 2.10. The molecule has 2 unspecified atom stereocenters. The number of carboxylic acids is 1. The topological polar surface area (TPSA) is 234 Å². The van der Waals surface area contributed by atoms with Crippen LogP contribution in [0.2, 0.25) is 0 Å². The van der Waals surface area contributed by atoms with Crippen molar-refractivity contribution in [1.29, 1.82) is 0 Å². The van der Waals surface area contributed by atoms with E-state index in [0.717, 1.165) is 27.7 Å². The third-order valence-corrected chi connectivity index (χ3v) is 8.94. The Balaban J connectivity index is 1.51. The number of amides is 4. The van der Waals surface area contributed by atoms with Crippen LogP contribution in [0.3, 0.4) is 0 Å². The van der Waals surface area contributed by atoms with E-state index < -0.39 is 59.9 Å². The molecule has 0 bridgehead atoms. The Bertz CT molecular complexity index is 1640. The average molecular weight is 691 g/mol. The van der Waals surface area contributed by atoms with Gasteiger partial charge in [-0.15, -0.1) is 0 Å². The largest absolute Gasteiger partial charge is 0.480 e. The van der Waals surface area contributed by atoms with Gasteiger partial charge in [0.05, 0.1) is 18.1 Å². The maximum absolute atomic E-state index is 13.9. The number of aromatic amines is 1. The second-order valence-corrected chi connectivity index (χ2v) is 13.2. The number of rotatable bonds is 17. The van der Waals surface area contributed by atoms with E-state index in [1.54, 1.807) is 45.0 Å². The molecule has 6 atom stereocenters. The zero-order valence-electron chi connectivity index (χ0n) is 28.8. The molecule has 14 heteroatoms. The highest BCUT2D eigenvalue weighted by molar-refractivity contribution is 5.93. The predicted molar refractivity (Wildman–Crippen MR) is 190 cm³/mol. The van der Waals surface area contributed by atoms with Crippen molar-refractivity contribution in [3.05, 3.63) is 71.4 Å². The molecule has 3 aromatic rings. The Morgan fingerprint density at radius 3 is 2.22 bits per heavy atom. The molecule has 2 heterocycles. The van der Waals surface area contributed by atoms with Crippen molar-refractivity contribution < 1.29 is 29.1 Å². The van der Waals surface area contributed by atoms with Gasteiger partial charge in [0.2, 0.25) is 23.6 Å². The lowest BCUT2D eigenvalue weighted by molar-refractivity contribution is -0.142. The molecule has 4 rings (SSSR count). The monoisotopic (exact) mass is 690 g/mol. The number of nitrogens with one attached hydrogen (secondary N) is 6. The molecule has 0 fully saturated rings. The Kier molecular flexibility index (Phi) is 13.5. The number of aromatic nitrogens is 1. The van der Waals surface area contributed by atoms with Crippen molar-refractivity contribution in [3.8, 4) is 0 Å². The van der Waals surface area contributed by atoms with Crippen LogP contribution in [0.15, 0.2) is 54.6 Å². The first kappa shape index (κ1) is 38.0. The van der Waals surface area contributed by atoms with E-state index in [-0.39, 0.29) is 24.8 Å². The maximum atomic E-state index is 13.9. The minimum atomic E-state index is -1.19. The molecule has 14 nitrogen and oxygen atoms in total. The molecule has 11 N–H and O–H groups in total. The molecule has 1 aliphatic rings. The van der Waals surface area contributed by atoms with Gasteiger partial charge in [-0.05, 0) is 62.3 Å². The fourth-order valence-corrected chi connectivity index (χ4v) is 6.15. The van der Waals surface area contributed by atoms with Gasteiger partial charge in [0.1, 0.15) is 18.1 Å². The normalized spacial score (nSPS) is 18.0. The number of nitrogens with two attached hydrogens (primary N) is 2. The summed E-state index contributed by atoms with van der Waals surface area (Å²) in [6, 6.07) is 11.6. The molecule has 50 heavy (non-hydrogen) atoms. The zero-order chi connectivity index (χ0) is 36.4. The summed E-state index contributed by atoms with van der Waals surface area (Å²) >= 11 is 0. The van der Waals surface area contributed by atoms with E-state index in [0.29, 0.717) is 32.2 Å². The highest BCUT2D eigenvalue weighted by atomic mass is 16.4. The highest BCUT2D eigenvalue weighted by Gasteiger charge is 2.36. The maximum Gasteiger partial charge on any atom is 0.326 e. The number of carbonyl (C=O) groups excluding carboxylic acids is 4. The van der Waals surface area contributed by atoms with Gasteiger partial charge in [0.15, 0.2) is 0 Å². The molecule has 2 aromatic carbocycles. The molecule has 1 aliphatic heterocycles. The molecule has 270 valence electrons. The fraction of sp³-hybridized carbons (Fsp3) is 0.472. The van der Waals surface area contributed by atoms with E-state index in [4.69, 9.17) is 11.5 Å². The Hall–Kier alpha value is -4.79. The van der Waals surface area contributed by atoms with Gasteiger partial charge in [0.25, 0.3) is 0 Å². The molecule has 0 aliphatic carbocycles. The third kappa shape index (κ3) is 9.89. The first-order valence-electron chi connectivity index (χ1n) is 17.2. The van der Waals surface area contributed by atoms with Gasteiger partial charge >= 0.3 is 5.97 Å². The van der Waals surface area contributed by atoms with Gasteiger partial charge in [-0.25, -0.2) is 4.79 Å². The average Bonchev–Trinajstić information content (AvgIpc) is 3.47. The molecule has 0 saturated heterocycles. The van der Waals surface area contributed by atoms with Crippen LogP contribution < -0.4 is 38.1 Å². The molecule has 0 spiro atoms. The number of aliphatic carboxylic acids is 1. The molecule has 0 radical (unpaired) electrons. The van der Waals surface area contributed by atoms with Crippen molar-refractivity contribution in [2.75, 3.05) is 13.1 Å². The van der Waals surface area contributed by atoms with Crippen molar-refractivity contribution >= 4 is 40.5 Å². The summed E-state index contributed by atoms with van der Waals surface area (Å²) in [7, 11) is 0. The number of para-hydroxylation sites is 1. The quantitative estimate of drug-likeness (QED) is 0.0909. The molecule has 0 saturated carbocycles. The summed E-state index contributed by atoms with van der Waals surface area (Å²) in [6.45, 7) is 5.65. The number of fused-ring (bicyclic) bond motifs is 3. The third-order valence-electron chi connectivity index (χ3n) is 8.94. The fourth-order valence-electron chi connectivity index (χ4n) is 6.15. The first-order chi connectivity index (χ1) is 23.9. The van der Waals surface area contributed by atoms with E-state index in [1.807, 2.05) is 30.3 Å². The molecule has 1 aromatic heterocycles. The van der Waals surface area contributed by atoms with Crippen molar-refractivity contribution in [2.45, 2.75) is 89.1 Å². The van der Waals surface area contributed by atoms with Crippen LogP contribution in [-0.2, 0) is 36.8 Å². The van der Waals surface area contributed by atoms with Crippen LogP contribution >= 0.6 is 0 Å². The number of unbranched alkanes of at least 4 members (excludes halogenated alkanes) is 1. The second-order valence-electron chi connectivity index (χ2n) is 13.2. The minimum Gasteiger partial charge on any atom is -0.480 e. The number of carbonyl (C=O) groups is 5. The number of hydrogen-bond donors (Lipinski definition) is 9. The number of hydrogen-bond acceptors (Lipinski definition) is 8. The predicted octanol–water partition coefficient (Wildman–Crippen LogP) is 0.753. The van der Waals surface area contributed by atoms with Crippen molar-refractivity contribution in [1.82, 2.24) is 31.6 Å². The smallest absolute Gasteiger partial charge is 0.326 e. The van der Waals surface area contributed by atoms with Gasteiger partial charge in [-0.2, -0.15) is 0 Å². The highest BCUT2D eigenvalue weighted by Crippen LogP contribution is 2.32. The van der Waals surface area contributed by atoms with E-state index in [1.165, 1.54) is 0 Å². The van der Waals surface area contributed by atoms with Gasteiger partial charge in [0, 0.05) is 29.6 Å². The van der Waals surface area contributed by atoms with Crippen molar-refractivity contribution in [2.24, 2.45) is 17.4 Å². The summed E-state index contributed by atoms with van der Waals surface area (Å²) in [5.41, 5.74) is 14.7. The van der Waals surface area contributed by atoms with Crippen molar-refractivity contribution in [3.63, 3.8) is 0 Å². The Labute approximate surface area is 291 Å². The minimum absolute atomic E-state index is 0.0877. The van der Waals surface area contributed by atoms with Gasteiger partial charge < -0.3 is 42.8 Å². The van der Waals surface area contributed by atoms with Gasteiger partial charge in [-0.3, -0.25) is 24.5 Å². The number of H-pyrrole nitrogens is 1. The van der Waals surface area contributed by atoms with E-state index >= 15 is 0 Å². The van der Waals surface area contributed by atoms with Crippen LogP contribution in [0.4, 0.5) is 0 Å². The van der Waals surface area contributed by atoms with Crippen LogP contribution in [0.25, 0.3) is 10.9 Å². The Morgan fingerprint density at radius 2 is 1.56 bits per heavy atom. The number of carboxylic acid groups (broad SMARTS) is 1. The van der Waals surface area contributed by atoms with Gasteiger partial charge in [-0.1, -0.05) is 62.4 Å². The zero-order valence-corrected chi connectivity index (χ0v) is 28.8. The molecular weight excluding hydrogens is 640 g/mol. The lowest BCUT2D eigenvalue weighted by Gasteiger charge is -2.33. The van der Waals surface area contributed by atoms with Crippen LogP contribution in [0.5, 0.6) is 0 Å². The summed E-state index contributed by atoms with van der Waals surface area (Å²) in [4.78, 5) is 68.6. The molecule has 4 amide bonds. The van der Waals surface area contributed by atoms with E-state index in [2.05, 4.69) is 31.6 Å². The first-order valence-corrected chi connectivity index (χ1v) is 17.2. The second kappa shape index (κ2) is 17.7.